The molecule has 1 aliphatic rings. The average molecular weight is 406 g/mol. The van der Waals surface area contributed by atoms with Crippen LogP contribution in [-0.4, -0.2) is 37.1 Å². The number of rotatable bonds is 6. The summed E-state index contributed by atoms with van der Waals surface area (Å²) < 4.78 is 10.2. The van der Waals surface area contributed by atoms with Gasteiger partial charge in [-0.1, -0.05) is 24.3 Å². The van der Waals surface area contributed by atoms with Crippen LogP contribution in [0.5, 0.6) is 5.75 Å². The minimum Gasteiger partial charge on any atom is -0.497 e. The van der Waals surface area contributed by atoms with Crippen LogP contribution in [0.25, 0.3) is 16.6 Å². The molecule has 1 aliphatic heterocycles. The monoisotopic (exact) mass is 406 g/mol. The predicted octanol–water partition coefficient (Wildman–Crippen LogP) is 4.67. The summed E-state index contributed by atoms with van der Waals surface area (Å²) in [6.45, 7) is 0.842. The molecule has 1 aromatic heterocycles. The molecule has 0 unspecified atom stereocenters. The van der Waals surface area contributed by atoms with Crippen molar-refractivity contribution in [2.75, 3.05) is 25.2 Å². The fraction of sp³-hybridized carbons (Fsp3) is 0.136. The van der Waals surface area contributed by atoms with E-state index in [1.807, 2.05) is 29.6 Å². The number of carbonyl (C=O) groups is 2. The molecular weight excluding hydrogens is 388 g/mol. The highest BCUT2D eigenvalue weighted by Gasteiger charge is 2.23. The van der Waals surface area contributed by atoms with E-state index in [0.29, 0.717) is 30.1 Å². The number of nitrogens with zero attached hydrogens (tertiary/aromatic N) is 2. The highest BCUT2D eigenvalue weighted by Crippen LogP contribution is 2.27. The predicted molar refractivity (Wildman–Crippen MR) is 113 cm³/mol. The lowest BCUT2D eigenvalue weighted by Crippen LogP contribution is -2.23. The summed E-state index contributed by atoms with van der Waals surface area (Å²) in [6, 6.07) is 14.6. The van der Waals surface area contributed by atoms with Crippen molar-refractivity contribution in [1.29, 1.82) is 0 Å². The molecule has 146 valence electrons. The van der Waals surface area contributed by atoms with Gasteiger partial charge >= 0.3 is 6.09 Å². The summed E-state index contributed by atoms with van der Waals surface area (Å²) in [7, 11) is 1.63. The lowest BCUT2D eigenvalue weighted by molar-refractivity contribution is 0.104. The number of hydrogen-bond donors (Lipinski definition) is 0. The quantitative estimate of drug-likeness (QED) is 0.439. The number of amides is 1. The molecule has 2 heterocycles. The van der Waals surface area contributed by atoms with Gasteiger partial charge in [0.1, 0.15) is 17.4 Å². The number of ether oxygens (including phenoxy) is 2. The normalized spacial score (nSPS) is 13.7. The number of carbonyl (C=O) groups excluding carboxylic acids is 2. The summed E-state index contributed by atoms with van der Waals surface area (Å²) in [6.07, 6.45) is 2.79. The van der Waals surface area contributed by atoms with Gasteiger partial charge in [0, 0.05) is 22.2 Å². The van der Waals surface area contributed by atoms with Crippen molar-refractivity contribution in [3.63, 3.8) is 0 Å². The van der Waals surface area contributed by atoms with E-state index in [9.17, 15) is 9.59 Å². The Morgan fingerprint density at radius 3 is 2.90 bits per heavy atom. The van der Waals surface area contributed by atoms with E-state index in [-0.39, 0.29) is 5.78 Å². The van der Waals surface area contributed by atoms with Crippen LogP contribution in [0.1, 0.15) is 16.1 Å². The van der Waals surface area contributed by atoms with E-state index in [1.165, 1.54) is 22.3 Å². The van der Waals surface area contributed by atoms with Crippen molar-refractivity contribution in [3.8, 4) is 16.3 Å². The molecule has 0 N–H and O–H groups in total. The summed E-state index contributed by atoms with van der Waals surface area (Å²) in [4.78, 5) is 30.4. The van der Waals surface area contributed by atoms with Crippen molar-refractivity contribution < 1.29 is 19.1 Å². The standard InChI is InChI=1S/C22H18N2O4S/c1-27-19-7-3-5-16(13-19)21-23-17(14-29-21)8-9-20(25)15-4-2-6-18(12-15)24-10-11-28-22(24)26/h2-9,12-14H,10-11H2,1H3/b9-8+. The summed E-state index contributed by atoms with van der Waals surface area (Å²) in [5.41, 5.74) is 2.83. The molecule has 29 heavy (non-hydrogen) atoms. The molecule has 0 atom stereocenters. The zero-order valence-corrected chi connectivity index (χ0v) is 16.5. The van der Waals surface area contributed by atoms with Gasteiger partial charge in [0.05, 0.1) is 19.3 Å². The Morgan fingerprint density at radius 2 is 2.10 bits per heavy atom. The third kappa shape index (κ3) is 4.20. The smallest absolute Gasteiger partial charge is 0.414 e. The Bertz CT molecular complexity index is 1090. The second kappa shape index (κ2) is 8.28. The maximum Gasteiger partial charge on any atom is 0.414 e. The van der Waals surface area contributed by atoms with Crippen LogP contribution in [0, 0.1) is 0 Å². The Morgan fingerprint density at radius 1 is 1.24 bits per heavy atom. The van der Waals surface area contributed by atoms with Crippen LogP contribution in [-0.2, 0) is 4.74 Å². The highest BCUT2D eigenvalue weighted by atomic mass is 32.1. The number of thiazole rings is 1. The molecule has 0 radical (unpaired) electrons. The first-order valence-electron chi connectivity index (χ1n) is 9.01. The first-order valence-corrected chi connectivity index (χ1v) is 9.89. The fourth-order valence-electron chi connectivity index (χ4n) is 2.96. The molecule has 0 spiro atoms. The molecule has 4 rings (SSSR count). The van der Waals surface area contributed by atoms with E-state index in [2.05, 4.69) is 4.98 Å². The third-order valence-electron chi connectivity index (χ3n) is 4.45. The molecule has 2 aromatic carbocycles. The number of methoxy groups -OCH3 is 1. The highest BCUT2D eigenvalue weighted by molar-refractivity contribution is 7.13. The van der Waals surface area contributed by atoms with Gasteiger partial charge in [-0.3, -0.25) is 9.69 Å². The first kappa shape index (κ1) is 18.9. The Hall–Kier alpha value is -3.45. The molecular formula is C22H18N2O4S. The van der Waals surface area contributed by atoms with Gasteiger partial charge in [-0.25, -0.2) is 9.78 Å². The molecule has 0 saturated carbocycles. The molecule has 3 aromatic rings. The van der Waals surface area contributed by atoms with Gasteiger partial charge in [-0.2, -0.15) is 0 Å². The number of anilines is 1. The average Bonchev–Trinajstić information content (AvgIpc) is 3.41. The van der Waals surface area contributed by atoms with E-state index in [4.69, 9.17) is 9.47 Å². The Kier molecular flexibility index (Phi) is 5.39. The molecule has 6 nitrogen and oxygen atoms in total. The maximum absolute atomic E-state index is 12.6. The van der Waals surface area contributed by atoms with E-state index < -0.39 is 6.09 Å². The number of allylic oxidation sites excluding steroid dienone is 1. The van der Waals surface area contributed by atoms with Crippen molar-refractivity contribution in [3.05, 3.63) is 71.2 Å². The van der Waals surface area contributed by atoms with Crippen LogP contribution in [0.15, 0.2) is 60.0 Å². The van der Waals surface area contributed by atoms with Gasteiger partial charge < -0.3 is 9.47 Å². The topological polar surface area (TPSA) is 68.7 Å². The zero-order valence-electron chi connectivity index (χ0n) is 15.7. The van der Waals surface area contributed by atoms with E-state index >= 15 is 0 Å². The Balaban J connectivity index is 1.49. The lowest BCUT2D eigenvalue weighted by Gasteiger charge is -2.13. The summed E-state index contributed by atoms with van der Waals surface area (Å²) >= 11 is 1.50. The first-order chi connectivity index (χ1) is 14.1. The number of benzene rings is 2. The maximum atomic E-state index is 12.6. The largest absolute Gasteiger partial charge is 0.497 e. The van der Waals surface area contributed by atoms with Crippen molar-refractivity contribution in [2.45, 2.75) is 0 Å². The van der Waals surface area contributed by atoms with Gasteiger partial charge in [0.25, 0.3) is 0 Å². The van der Waals surface area contributed by atoms with Crippen molar-refractivity contribution in [1.82, 2.24) is 4.98 Å². The van der Waals surface area contributed by atoms with Gasteiger partial charge in [-0.05, 0) is 36.4 Å². The minimum atomic E-state index is -0.391. The molecule has 1 saturated heterocycles. The number of ketones is 1. The lowest BCUT2D eigenvalue weighted by atomic mass is 10.1. The van der Waals surface area contributed by atoms with E-state index in [0.717, 1.165) is 16.3 Å². The van der Waals surface area contributed by atoms with Crippen molar-refractivity contribution >= 4 is 35.0 Å². The molecule has 0 bridgehead atoms. The fourth-order valence-corrected chi connectivity index (χ4v) is 3.75. The second-order valence-corrected chi connectivity index (χ2v) is 7.18. The third-order valence-corrected chi connectivity index (χ3v) is 5.36. The molecule has 1 fully saturated rings. The van der Waals surface area contributed by atoms with Gasteiger partial charge in [0.15, 0.2) is 5.78 Å². The second-order valence-electron chi connectivity index (χ2n) is 6.32. The molecule has 7 heteroatoms. The van der Waals surface area contributed by atoms with E-state index in [1.54, 1.807) is 37.5 Å². The van der Waals surface area contributed by atoms with Crippen molar-refractivity contribution in [2.24, 2.45) is 0 Å². The van der Waals surface area contributed by atoms with Crippen LogP contribution < -0.4 is 9.64 Å². The zero-order chi connectivity index (χ0) is 20.2. The van der Waals surface area contributed by atoms with Crippen LogP contribution >= 0.6 is 11.3 Å². The van der Waals surface area contributed by atoms with Crippen LogP contribution in [0.3, 0.4) is 0 Å². The summed E-state index contributed by atoms with van der Waals surface area (Å²) in [5, 5.41) is 2.75. The number of cyclic esters (lactones) is 1. The minimum absolute atomic E-state index is 0.157. The Labute approximate surface area is 172 Å². The number of aromatic nitrogens is 1. The van der Waals surface area contributed by atoms with Gasteiger partial charge in [0.2, 0.25) is 0 Å². The number of hydrogen-bond acceptors (Lipinski definition) is 6. The van der Waals surface area contributed by atoms with Gasteiger partial charge in [-0.15, -0.1) is 11.3 Å². The molecule has 0 aliphatic carbocycles. The summed E-state index contributed by atoms with van der Waals surface area (Å²) in [5.74, 6) is 0.613. The SMILES string of the molecule is COc1cccc(-c2nc(/C=C/C(=O)c3cccc(N4CCOC4=O)c3)cs2)c1. The molecule has 1 amide bonds. The van der Waals surface area contributed by atoms with Crippen LogP contribution in [0.4, 0.5) is 10.5 Å². The van der Waals surface area contributed by atoms with Crippen LogP contribution in [0.2, 0.25) is 0 Å².